The van der Waals surface area contributed by atoms with Gasteiger partial charge < -0.3 is 20.4 Å². The minimum absolute atomic E-state index is 0.00630. The van der Waals surface area contributed by atoms with E-state index in [1.807, 2.05) is 0 Å². The molecule has 11 nitrogen and oxygen atoms in total. The molecule has 38 heavy (non-hydrogen) atoms. The molecule has 3 aromatic rings. The highest BCUT2D eigenvalue weighted by Crippen LogP contribution is 2.24. The summed E-state index contributed by atoms with van der Waals surface area (Å²) in [5.74, 6) is -0.883. The number of nitrogens with one attached hydrogen (secondary N) is 3. The number of carbonyl (C=O) groups excluding carboxylic acids is 2. The lowest BCUT2D eigenvalue weighted by atomic mass is 10.1. The summed E-state index contributed by atoms with van der Waals surface area (Å²) in [5.41, 5.74) is 1.95. The van der Waals surface area contributed by atoms with Gasteiger partial charge in [0.1, 0.15) is 0 Å². The predicted molar refractivity (Wildman–Crippen MR) is 141 cm³/mol. The SMILES string of the molecule is CNS(=O)(=O)c1cc(Nc2ncc(F)c(Nc3ccc(C(=O)N4CCN(C(C)=O)CC4)cc3)n2)ccc1C. The van der Waals surface area contributed by atoms with Crippen LogP contribution in [0.25, 0.3) is 0 Å². The third-order valence-electron chi connectivity index (χ3n) is 6.15. The molecule has 1 saturated heterocycles. The van der Waals surface area contributed by atoms with Gasteiger partial charge in [0.25, 0.3) is 5.91 Å². The first kappa shape index (κ1) is 26.9. The van der Waals surface area contributed by atoms with Crippen LogP contribution in [-0.2, 0) is 14.8 Å². The Labute approximate surface area is 220 Å². The summed E-state index contributed by atoms with van der Waals surface area (Å²) in [4.78, 5) is 35.9. The second-order valence-electron chi connectivity index (χ2n) is 8.70. The first-order chi connectivity index (χ1) is 18.1. The van der Waals surface area contributed by atoms with E-state index in [9.17, 15) is 22.4 Å². The van der Waals surface area contributed by atoms with E-state index in [1.165, 1.54) is 20.0 Å². The maximum Gasteiger partial charge on any atom is 0.253 e. The van der Waals surface area contributed by atoms with Crippen LogP contribution in [0.3, 0.4) is 0 Å². The van der Waals surface area contributed by atoms with Crippen LogP contribution in [0.5, 0.6) is 0 Å². The number of nitrogens with zero attached hydrogens (tertiary/aromatic N) is 4. The predicted octanol–water partition coefficient (Wildman–Crippen LogP) is 2.62. The zero-order valence-corrected chi connectivity index (χ0v) is 22.0. The van der Waals surface area contributed by atoms with Gasteiger partial charge in [-0.3, -0.25) is 9.59 Å². The van der Waals surface area contributed by atoms with E-state index in [-0.39, 0.29) is 28.5 Å². The monoisotopic (exact) mass is 541 g/mol. The molecule has 0 unspecified atom stereocenters. The van der Waals surface area contributed by atoms with E-state index in [2.05, 4.69) is 25.3 Å². The van der Waals surface area contributed by atoms with Crippen LogP contribution in [0.1, 0.15) is 22.8 Å². The lowest BCUT2D eigenvalue weighted by Gasteiger charge is -2.34. The highest BCUT2D eigenvalue weighted by molar-refractivity contribution is 7.89. The molecule has 1 aromatic heterocycles. The molecule has 3 N–H and O–H groups in total. The third-order valence-corrected chi connectivity index (χ3v) is 7.71. The Morgan fingerprint density at radius 3 is 2.21 bits per heavy atom. The maximum absolute atomic E-state index is 14.5. The van der Waals surface area contributed by atoms with Crippen LogP contribution in [0.15, 0.2) is 53.6 Å². The number of piperazine rings is 1. The fraction of sp³-hybridized carbons (Fsp3) is 0.280. The highest BCUT2D eigenvalue weighted by atomic mass is 32.2. The minimum Gasteiger partial charge on any atom is -0.339 e. The molecule has 0 aliphatic carbocycles. The Kier molecular flexibility index (Phi) is 7.88. The van der Waals surface area contributed by atoms with Crippen LogP contribution >= 0.6 is 0 Å². The van der Waals surface area contributed by atoms with Crippen molar-refractivity contribution in [1.82, 2.24) is 24.5 Å². The fourth-order valence-corrected chi connectivity index (χ4v) is 4.96. The smallest absolute Gasteiger partial charge is 0.253 e. The highest BCUT2D eigenvalue weighted by Gasteiger charge is 2.23. The summed E-state index contributed by atoms with van der Waals surface area (Å²) in [6, 6.07) is 11.3. The number of amides is 2. The summed E-state index contributed by atoms with van der Waals surface area (Å²) < 4.78 is 41.3. The number of hydrogen-bond donors (Lipinski definition) is 3. The molecule has 2 amide bonds. The molecular weight excluding hydrogens is 513 g/mol. The molecule has 0 saturated carbocycles. The van der Waals surface area contributed by atoms with Gasteiger partial charge in [-0.25, -0.2) is 22.5 Å². The summed E-state index contributed by atoms with van der Waals surface area (Å²) in [5, 5.41) is 5.77. The van der Waals surface area contributed by atoms with Crippen molar-refractivity contribution in [3.8, 4) is 0 Å². The molecule has 13 heteroatoms. The standard InChI is InChI=1S/C25H28FN7O4S/c1-16-4-7-20(14-22(16)38(36,37)27-3)30-25-28-15-21(26)23(31-25)29-19-8-5-18(6-9-19)24(35)33-12-10-32(11-13-33)17(2)34/h4-9,14-15,27H,10-13H2,1-3H3,(H2,28,29,30,31). The van der Waals surface area contributed by atoms with Crippen LogP contribution < -0.4 is 15.4 Å². The number of carbonyl (C=O) groups is 2. The van der Waals surface area contributed by atoms with Crippen molar-refractivity contribution >= 4 is 45.0 Å². The zero-order valence-electron chi connectivity index (χ0n) is 21.2. The number of anilines is 4. The summed E-state index contributed by atoms with van der Waals surface area (Å²) in [6.07, 6.45) is 0.996. The molecule has 200 valence electrons. The zero-order chi connectivity index (χ0) is 27.4. The van der Waals surface area contributed by atoms with Crippen molar-refractivity contribution < 1.29 is 22.4 Å². The molecule has 1 aliphatic heterocycles. The van der Waals surface area contributed by atoms with Crippen LogP contribution in [0.2, 0.25) is 0 Å². The van der Waals surface area contributed by atoms with Crippen molar-refractivity contribution in [3.63, 3.8) is 0 Å². The van der Waals surface area contributed by atoms with Gasteiger partial charge in [-0.1, -0.05) is 6.07 Å². The van der Waals surface area contributed by atoms with Crippen molar-refractivity contribution in [2.24, 2.45) is 0 Å². The third kappa shape index (κ3) is 6.06. The molecule has 1 aliphatic rings. The number of rotatable bonds is 7. The van der Waals surface area contributed by atoms with E-state index >= 15 is 0 Å². The molecule has 0 radical (unpaired) electrons. The Balaban J connectivity index is 1.45. The normalized spacial score (nSPS) is 13.8. The van der Waals surface area contributed by atoms with Crippen LogP contribution in [0.4, 0.5) is 27.5 Å². The Morgan fingerprint density at radius 1 is 0.947 bits per heavy atom. The van der Waals surface area contributed by atoms with E-state index in [0.717, 1.165) is 6.20 Å². The molecule has 4 rings (SSSR count). The topological polar surface area (TPSA) is 137 Å². The first-order valence-electron chi connectivity index (χ1n) is 11.8. The maximum atomic E-state index is 14.5. The molecule has 0 atom stereocenters. The van der Waals surface area contributed by atoms with Gasteiger partial charge in [-0.15, -0.1) is 0 Å². The Hall–Kier alpha value is -4.10. The summed E-state index contributed by atoms with van der Waals surface area (Å²) >= 11 is 0. The van der Waals surface area contributed by atoms with Crippen LogP contribution in [-0.4, -0.2) is 73.2 Å². The van der Waals surface area contributed by atoms with Crippen molar-refractivity contribution in [1.29, 1.82) is 0 Å². The van der Waals surface area contributed by atoms with Crippen molar-refractivity contribution in [2.45, 2.75) is 18.7 Å². The van der Waals surface area contributed by atoms with Gasteiger partial charge in [0.05, 0.1) is 11.1 Å². The quantitative estimate of drug-likeness (QED) is 0.415. The van der Waals surface area contributed by atoms with E-state index in [1.54, 1.807) is 53.1 Å². The van der Waals surface area contributed by atoms with Gasteiger partial charge in [0.15, 0.2) is 11.6 Å². The van der Waals surface area contributed by atoms with Crippen molar-refractivity contribution in [3.05, 3.63) is 65.6 Å². The molecule has 1 fully saturated rings. The Morgan fingerprint density at radius 2 is 1.58 bits per heavy atom. The van der Waals surface area contributed by atoms with Gasteiger partial charge >= 0.3 is 0 Å². The number of halogens is 1. The first-order valence-corrected chi connectivity index (χ1v) is 13.3. The van der Waals surface area contributed by atoms with Crippen LogP contribution in [0, 0.1) is 12.7 Å². The lowest BCUT2D eigenvalue weighted by molar-refractivity contribution is -0.130. The van der Waals surface area contributed by atoms with E-state index < -0.39 is 15.8 Å². The van der Waals surface area contributed by atoms with Gasteiger partial charge in [-0.05, 0) is 55.9 Å². The number of aromatic nitrogens is 2. The molecule has 2 aromatic carbocycles. The van der Waals surface area contributed by atoms with Gasteiger partial charge in [-0.2, -0.15) is 4.98 Å². The largest absolute Gasteiger partial charge is 0.339 e. The number of sulfonamides is 1. The number of aryl methyl sites for hydroxylation is 1. The van der Waals surface area contributed by atoms with Gasteiger partial charge in [0, 0.05) is 50.0 Å². The summed E-state index contributed by atoms with van der Waals surface area (Å²) in [6.45, 7) is 5.11. The average molecular weight is 542 g/mol. The molecule has 0 spiro atoms. The van der Waals surface area contributed by atoms with Gasteiger partial charge in [0.2, 0.25) is 21.9 Å². The minimum atomic E-state index is -3.67. The fourth-order valence-electron chi connectivity index (χ4n) is 3.96. The molecule has 2 heterocycles. The average Bonchev–Trinajstić information content (AvgIpc) is 2.91. The lowest BCUT2D eigenvalue weighted by Crippen LogP contribution is -2.50. The molecule has 0 bridgehead atoms. The number of hydrogen-bond acceptors (Lipinski definition) is 8. The molecular formula is C25H28FN7O4S. The van der Waals surface area contributed by atoms with E-state index in [0.29, 0.717) is 48.7 Å². The number of benzene rings is 2. The Bertz CT molecular complexity index is 1460. The summed E-state index contributed by atoms with van der Waals surface area (Å²) in [7, 11) is -2.34. The van der Waals surface area contributed by atoms with Crippen molar-refractivity contribution in [2.75, 3.05) is 43.9 Å². The second-order valence-corrected chi connectivity index (χ2v) is 10.6. The van der Waals surface area contributed by atoms with E-state index in [4.69, 9.17) is 0 Å². The second kappa shape index (κ2) is 11.1.